The summed E-state index contributed by atoms with van der Waals surface area (Å²) in [6, 6.07) is 8.27. The Morgan fingerprint density at radius 3 is 2.77 bits per heavy atom. The number of nitrogens with zero attached hydrogens (tertiary/aromatic N) is 6. The lowest BCUT2D eigenvalue weighted by atomic mass is 10.1. The van der Waals surface area contributed by atoms with Crippen molar-refractivity contribution >= 4 is 22.7 Å². The van der Waals surface area contributed by atoms with Crippen LogP contribution >= 0.6 is 0 Å². The van der Waals surface area contributed by atoms with Crippen molar-refractivity contribution in [3.05, 3.63) is 41.7 Å². The van der Waals surface area contributed by atoms with Crippen molar-refractivity contribution in [2.24, 2.45) is 0 Å². The zero-order valence-corrected chi connectivity index (χ0v) is 17.0. The molecular weight excluding hydrogens is 384 g/mol. The summed E-state index contributed by atoms with van der Waals surface area (Å²) in [5, 5.41) is 5.32. The monoisotopic (exact) mass is 408 g/mol. The Balaban J connectivity index is 1.16. The van der Waals surface area contributed by atoms with Gasteiger partial charge in [-0.25, -0.2) is 4.98 Å². The van der Waals surface area contributed by atoms with Gasteiger partial charge >= 0.3 is 6.01 Å². The molecule has 0 aliphatic carbocycles. The highest BCUT2D eigenvalue weighted by atomic mass is 16.5. The highest BCUT2D eigenvalue weighted by molar-refractivity contribution is 5.96. The number of hydrogen-bond donors (Lipinski definition) is 0. The Hall–Kier alpha value is -3.20. The number of piperazine rings is 1. The number of ether oxygens (including phenoxy) is 1. The molecule has 0 N–H and O–H groups in total. The fourth-order valence-corrected chi connectivity index (χ4v) is 4.14. The van der Waals surface area contributed by atoms with Crippen molar-refractivity contribution in [2.45, 2.75) is 6.42 Å². The van der Waals surface area contributed by atoms with Crippen LogP contribution in [0.15, 0.2) is 35.0 Å². The number of methoxy groups -OCH3 is 1. The van der Waals surface area contributed by atoms with Gasteiger partial charge in [-0.05, 0) is 12.1 Å². The lowest BCUT2D eigenvalue weighted by Crippen LogP contribution is -2.50. The number of carbonyl (C=O) groups is 1. The minimum atomic E-state index is 0.00612. The van der Waals surface area contributed by atoms with Gasteiger partial charge in [-0.1, -0.05) is 17.3 Å². The van der Waals surface area contributed by atoms with Crippen LogP contribution in [0.2, 0.25) is 0 Å². The van der Waals surface area contributed by atoms with Gasteiger partial charge < -0.3 is 19.1 Å². The van der Waals surface area contributed by atoms with E-state index in [9.17, 15) is 4.79 Å². The molecule has 2 aromatic heterocycles. The summed E-state index contributed by atoms with van der Waals surface area (Å²) in [5.41, 5.74) is 2.18. The van der Waals surface area contributed by atoms with E-state index in [-0.39, 0.29) is 5.91 Å². The van der Waals surface area contributed by atoms with Crippen LogP contribution in [-0.2, 0) is 6.42 Å². The van der Waals surface area contributed by atoms with Gasteiger partial charge in [0.2, 0.25) is 0 Å². The van der Waals surface area contributed by atoms with Crippen molar-refractivity contribution in [1.29, 1.82) is 0 Å². The molecule has 0 radical (unpaired) electrons. The molecule has 0 atom stereocenters. The van der Waals surface area contributed by atoms with E-state index in [1.807, 2.05) is 29.2 Å². The maximum atomic E-state index is 12.8. The summed E-state index contributed by atoms with van der Waals surface area (Å²) in [6.07, 6.45) is 2.31. The van der Waals surface area contributed by atoms with Crippen LogP contribution in [-0.4, -0.2) is 83.8 Å². The maximum absolute atomic E-state index is 12.8. The number of carbonyl (C=O) groups excluding carboxylic acids is 1. The van der Waals surface area contributed by atoms with Crippen LogP contribution in [0, 0.1) is 0 Å². The summed E-state index contributed by atoms with van der Waals surface area (Å²) in [5.74, 6) is 0.926. The second-order valence-electron chi connectivity index (χ2n) is 7.59. The molecule has 2 aliphatic heterocycles. The molecule has 1 amide bonds. The topological polar surface area (TPSA) is 87.8 Å². The first-order valence-corrected chi connectivity index (χ1v) is 10.2. The number of rotatable bonds is 5. The molecule has 0 bridgehead atoms. The van der Waals surface area contributed by atoms with Crippen LogP contribution in [0.1, 0.15) is 16.1 Å². The van der Waals surface area contributed by atoms with Gasteiger partial charge in [-0.15, -0.1) is 0 Å². The van der Waals surface area contributed by atoms with E-state index >= 15 is 0 Å². The fraction of sp³-hybridized carbons (Fsp3) is 0.429. The average molecular weight is 408 g/mol. The Morgan fingerprint density at radius 2 is 1.93 bits per heavy atom. The lowest BCUT2D eigenvalue weighted by Gasteiger charge is -2.36. The van der Waals surface area contributed by atoms with Gasteiger partial charge in [-0.3, -0.25) is 9.69 Å². The molecule has 4 heterocycles. The quantitative estimate of drug-likeness (QED) is 0.627. The standard InChI is InChI=1S/C21H24N6O3/c1-29-21-22-14-16-17(23-21)6-7-27(20(16)28)13-10-25-8-11-26(12-9-25)19-15-4-2-3-5-18(15)30-24-19/h2-5,14H,6-13H2,1H3. The van der Waals surface area contributed by atoms with Crippen molar-refractivity contribution < 1.29 is 14.1 Å². The molecule has 9 heteroatoms. The summed E-state index contributed by atoms with van der Waals surface area (Å²) in [4.78, 5) is 27.7. The second-order valence-corrected chi connectivity index (χ2v) is 7.59. The third-order valence-corrected chi connectivity index (χ3v) is 5.88. The average Bonchev–Trinajstić information content (AvgIpc) is 3.23. The highest BCUT2D eigenvalue weighted by Gasteiger charge is 2.27. The third-order valence-electron chi connectivity index (χ3n) is 5.88. The predicted molar refractivity (Wildman–Crippen MR) is 111 cm³/mol. The van der Waals surface area contributed by atoms with E-state index in [4.69, 9.17) is 9.26 Å². The molecule has 2 aliphatic rings. The second kappa shape index (κ2) is 7.91. The summed E-state index contributed by atoms with van der Waals surface area (Å²) in [6.45, 7) is 5.88. The molecule has 156 valence electrons. The van der Waals surface area contributed by atoms with E-state index < -0.39 is 0 Å². The first kappa shape index (κ1) is 18.8. The third kappa shape index (κ3) is 3.45. The minimum Gasteiger partial charge on any atom is -0.467 e. The number of aromatic nitrogens is 3. The van der Waals surface area contributed by atoms with Crippen LogP contribution in [0.3, 0.4) is 0 Å². The zero-order valence-electron chi connectivity index (χ0n) is 17.0. The Bertz CT molecular complexity index is 1060. The number of benzene rings is 1. The van der Waals surface area contributed by atoms with E-state index in [2.05, 4.69) is 24.9 Å². The number of anilines is 1. The Morgan fingerprint density at radius 1 is 1.10 bits per heavy atom. The van der Waals surface area contributed by atoms with Gasteiger partial charge in [0.15, 0.2) is 11.4 Å². The summed E-state index contributed by atoms with van der Waals surface area (Å²) in [7, 11) is 1.53. The molecule has 0 spiro atoms. The predicted octanol–water partition coefficient (Wildman–Crippen LogP) is 1.45. The van der Waals surface area contributed by atoms with Gasteiger partial charge in [0, 0.05) is 58.4 Å². The molecule has 3 aromatic rings. The molecule has 0 saturated carbocycles. The van der Waals surface area contributed by atoms with Crippen LogP contribution in [0.4, 0.5) is 5.82 Å². The van der Waals surface area contributed by atoms with Crippen LogP contribution in [0.5, 0.6) is 6.01 Å². The molecular formula is C21H24N6O3. The van der Waals surface area contributed by atoms with Crippen molar-refractivity contribution in [3.8, 4) is 6.01 Å². The first-order valence-electron chi connectivity index (χ1n) is 10.2. The SMILES string of the molecule is COc1ncc2c(n1)CCN(CCN1CCN(c3noc4ccccc34)CC1)C2=O. The highest BCUT2D eigenvalue weighted by Crippen LogP contribution is 2.26. The molecule has 9 nitrogen and oxygen atoms in total. The Labute approximate surface area is 174 Å². The molecule has 1 aromatic carbocycles. The van der Waals surface area contributed by atoms with Crippen LogP contribution < -0.4 is 9.64 Å². The molecule has 1 fully saturated rings. The molecule has 5 rings (SSSR count). The molecule has 30 heavy (non-hydrogen) atoms. The number of para-hydroxylation sites is 1. The van der Waals surface area contributed by atoms with Crippen molar-refractivity contribution in [2.75, 3.05) is 57.8 Å². The smallest absolute Gasteiger partial charge is 0.316 e. The van der Waals surface area contributed by atoms with Crippen molar-refractivity contribution in [1.82, 2.24) is 24.9 Å². The van der Waals surface area contributed by atoms with Gasteiger partial charge in [0.25, 0.3) is 5.91 Å². The van der Waals surface area contributed by atoms with Crippen LogP contribution in [0.25, 0.3) is 11.0 Å². The maximum Gasteiger partial charge on any atom is 0.316 e. The normalized spacial score (nSPS) is 17.4. The fourth-order valence-electron chi connectivity index (χ4n) is 4.14. The Kier molecular flexibility index (Phi) is 4.96. The number of fused-ring (bicyclic) bond motifs is 2. The van der Waals surface area contributed by atoms with Crippen molar-refractivity contribution in [3.63, 3.8) is 0 Å². The van der Waals surface area contributed by atoms with Gasteiger partial charge in [0.1, 0.15) is 0 Å². The zero-order chi connectivity index (χ0) is 20.5. The summed E-state index contributed by atoms with van der Waals surface area (Å²) < 4.78 is 10.5. The van der Waals surface area contributed by atoms with E-state index in [1.54, 1.807) is 6.20 Å². The minimum absolute atomic E-state index is 0.00612. The van der Waals surface area contributed by atoms with E-state index in [1.165, 1.54) is 7.11 Å². The van der Waals surface area contributed by atoms with Gasteiger partial charge in [0.05, 0.1) is 23.8 Å². The summed E-state index contributed by atoms with van der Waals surface area (Å²) >= 11 is 0. The van der Waals surface area contributed by atoms with E-state index in [0.29, 0.717) is 24.7 Å². The number of hydrogen-bond acceptors (Lipinski definition) is 8. The lowest BCUT2D eigenvalue weighted by molar-refractivity contribution is 0.0714. The first-order chi connectivity index (χ1) is 14.7. The molecule has 1 saturated heterocycles. The largest absolute Gasteiger partial charge is 0.467 e. The van der Waals surface area contributed by atoms with E-state index in [0.717, 1.165) is 61.6 Å². The molecule has 0 unspecified atom stereocenters. The number of amides is 1. The van der Waals surface area contributed by atoms with Gasteiger partial charge in [-0.2, -0.15) is 4.98 Å².